The van der Waals surface area contributed by atoms with E-state index in [2.05, 4.69) is 5.09 Å². The van der Waals surface area contributed by atoms with E-state index < -0.39 is 7.75 Å². The van der Waals surface area contributed by atoms with Crippen LogP contribution in [0.3, 0.4) is 0 Å². The molecule has 1 aromatic rings. The highest BCUT2D eigenvalue weighted by molar-refractivity contribution is 14.1. The largest absolute Gasteiger partial charge is 0.402 e. The van der Waals surface area contributed by atoms with Crippen molar-refractivity contribution in [1.29, 1.82) is 0 Å². The quantitative estimate of drug-likeness (QED) is 0.466. The van der Waals surface area contributed by atoms with Crippen LogP contribution in [0.15, 0.2) is 12.1 Å². The summed E-state index contributed by atoms with van der Waals surface area (Å²) < 4.78 is 16.8. The van der Waals surface area contributed by atoms with Gasteiger partial charge in [0.1, 0.15) is 0 Å². The minimum absolute atomic E-state index is 0.0793. The van der Waals surface area contributed by atoms with E-state index in [1.807, 2.05) is 22.6 Å². The lowest BCUT2D eigenvalue weighted by molar-refractivity contribution is 0.243. The first kappa shape index (κ1) is 14.7. The number of rotatable bonds is 4. The van der Waals surface area contributed by atoms with Gasteiger partial charge in [-0.05, 0) is 47.3 Å². The van der Waals surface area contributed by atoms with Crippen molar-refractivity contribution in [2.75, 3.05) is 7.05 Å². The SMILES string of the molecule is CNP(=O)(O)OCc1cc(Cl)c(I)cc1Cl. The third-order valence-corrected chi connectivity index (χ3v) is 4.69. The molecule has 0 spiro atoms. The molecule has 0 amide bonds. The van der Waals surface area contributed by atoms with E-state index in [4.69, 9.17) is 32.6 Å². The number of nitrogens with one attached hydrogen (secondary N) is 1. The van der Waals surface area contributed by atoms with E-state index in [-0.39, 0.29) is 6.61 Å². The van der Waals surface area contributed by atoms with Gasteiger partial charge in [0.2, 0.25) is 0 Å². The van der Waals surface area contributed by atoms with Gasteiger partial charge in [-0.1, -0.05) is 23.2 Å². The highest BCUT2D eigenvalue weighted by Crippen LogP contribution is 2.38. The second-order valence-corrected chi connectivity index (χ2v) is 6.60. The highest BCUT2D eigenvalue weighted by atomic mass is 127. The second-order valence-electron chi connectivity index (χ2n) is 2.88. The average molecular weight is 396 g/mol. The maximum atomic E-state index is 11.2. The van der Waals surface area contributed by atoms with Crippen LogP contribution >= 0.6 is 53.5 Å². The first-order chi connectivity index (χ1) is 7.35. The number of halogens is 3. The minimum Gasteiger partial charge on any atom is -0.312 e. The number of benzene rings is 1. The molecule has 0 saturated heterocycles. The van der Waals surface area contributed by atoms with Gasteiger partial charge in [-0.2, -0.15) is 0 Å². The standard InChI is InChI=1S/C8H9Cl2INO3P/c1-12-16(13,14)15-4-5-2-7(10)8(11)3-6(5)9/h2-3H,4H2,1H3,(H2,12,13,14). The zero-order valence-corrected chi connectivity index (χ0v) is 12.8. The molecule has 0 fully saturated rings. The fraction of sp³-hybridized carbons (Fsp3) is 0.250. The van der Waals surface area contributed by atoms with Crippen LogP contribution in [-0.2, 0) is 15.7 Å². The Labute approximate surface area is 117 Å². The molecule has 0 bridgehead atoms. The summed E-state index contributed by atoms with van der Waals surface area (Å²) in [6.45, 7) is -0.0793. The summed E-state index contributed by atoms with van der Waals surface area (Å²) >= 11 is 13.9. The van der Waals surface area contributed by atoms with Gasteiger partial charge in [-0.15, -0.1) is 0 Å². The Morgan fingerprint density at radius 3 is 2.69 bits per heavy atom. The molecule has 1 rings (SSSR count). The van der Waals surface area contributed by atoms with Gasteiger partial charge in [0, 0.05) is 8.59 Å². The summed E-state index contributed by atoms with van der Waals surface area (Å²) in [4.78, 5) is 9.14. The molecule has 1 unspecified atom stereocenters. The van der Waals surface area contributed by atoms with Gasteiger partial charge in [-0.3, -0.25) is 4.52 Å². The fourth-order valence-corrected chi connectivity index (χ4v) is 2.39. The van der Waals surface area contributed by atoms with Gasteiger partial charge in [-0.25, -0.2) is 9.65 Å². The number of hydrogen-bond donors (Lipinski definition) is 2. The summed E-state index contributed by atoms with van der Waals surface area (Å²) in [7, 11) is -2.40. The molecule has 0 aliphatic heterocycles. The molecular weight excluding hydrogens is 387 g/mol. The third kappa shape index (κ3) is 4.14. The van der Waals surface area contributed by atoms with Crippen molar-refractivity contribution in [3.05, 3.63) is 31.3 Å². The molecule has 8 heteroatoms. The second kappa shape index (κ2) is 6.00. The van der Waals surface area contributed by atoms with E-state index in [1.165, 1.54) is 7.05 Å². The molecule has 0 saturated carbocycles. The summed E-state index contributed by atoms with van der Waals surface area (Å²) in [5, 5.41) is 3.15. The Morgan fingerprint density at radius 2 is 2.12 bits per heavy atom. The van der Waals surface area contributed by atoms with Crippen LogP contribution in [0.4, 0.5) is 0 Å². The molecule has 2 N–H and O–H groups in total. The van der Waals surface area contributed by atoms with Crippen molar-refractivity contribution in [2.24, 2.45) is 0 Å². The molecule has 0 radical (unpaired) electrons. The normalized spacial score (nSPS) is 14.8. The molecule has 90 valence electrons. The zero-order chi connectivity index (χ0) is 12.3. The van der Waals surface area contributed by atoms with Gasteiger partial charge in [0.15, 0.2) is 0 Å². The highest BCUT2D eigenvalue weighted by Gasteiger charge is 2.17. The molecule has 0 aliphatic rings. The van der Waals surface area contributed by atoms with Crippen molar-refractivity contribution in [3.63, 3.8) is 0 Å². The first-order valence-electron chi connectivity index (χ1n) is 4.15. The summed E-state index contributed by atoms with van der Waals surface area (Å²) in [5.74, 6) is 0. The van der Waals surface area contributed by atoms with E-state index >= 15 is 0 Å². The van der Waals surface area contributed by atoms with Crippen molar-refractivity contribution in [1.82, 2.24) is 5.09 Å². The smallest absolute Gasteiger partial charge is 0.312 e. The van der Waals surface area contributed by atoms with Crippen LogP contribution in [0.2, 0.25) is 10.0 Å². The molecule has 0 aliphatic carbocycles. The summed E-state index contributed by atoms with van der Waals surface area (Å²) in [6, 6.07) is 3.28. The maximum absolute atomic E-state index is 11.2. The molecule has 0 aromatic heterocycles. The average Bonchev–Trinajstić information content (AvgIpc) is 2.22. The Balaban J connectivity index is 2.83. The lowest BCUT2D eigenvalue weighted by Gasteiger charge is -2.11. The first-order valence-corrected chi connectivity index (χ1v) is 7.56. The minimum atomic E-state index is -3.74. The van der Waals surface area contributed by atoms with E-state index in [1.54, 1.807) is 12.1 Å². The summed E-state index contributed by atoms with van der Waals surface area (Å²) in [6.07, 6.45) is 0. The van der Waals surface area contributed by atoms with Gasteiger partial charge in [0.25, 0.3) is 0 Å². The van der Waals surface area contributed by atoms with Crippen molar-refractivity contribution in [3.8, 4) is 0 Å². The van der Waals surface area contributed by atoms with Crippen molar-refractivity contribution in [2.45, 2.75) is 6.61 Å². The van der Waals surface area contributed by atoms with Gasteiger partial charge < -0.3 is 4.89 Å². The summed E-state index contributed by atoms with van der Waals surface area (Å²) in [5.41, 5.74) is 0.566. The Kier molecular flexibility index (Phi) is 5.51. The molecule has 4 nitrogen and oxygen atoms in total. The molecular formula is C8H9Cl2INO3P. The maximum Gasteiger partial charge on any atom is 0.402 e. The van der Waals surface area contributed by atoms with E-state index in [0.29, 0.717) is 15.6 Å². The van der Waals surface area contributed by atoms with Crippen LogP contribution in [0, 0.1) is 3.57 Å². The molecule has 0 heterocycles. The fourth-order valence-electron chi connectivity index (χ4n) is 0.896. The van der Waals surface area contributed by atoms with Gasteiger partial charge in [0.05, 0.1) is 11.6 Å². The molecule has 1 atom stereocenters. The number of hydrogen-bond acceptors (Lipinski definition) is 2. The predicted molar refractivity (Wildman–Crippen MR) is 72.9 cm³/mol. The van der Waals surface area contributed by atoms with Crippen molar-refractivity contribution < 1.29 is 14.0 Å². The lowest BCUT2D eigenvalue weighted by Crippen LogP contribution is -2.05. The van der Waals surface area contributed by atoms with E-state index in [0.717, 1.165) is 3.57 Å². The topological polar surface area (TPSA) is 58.6 Å². The molecule has 16 heavy (non-hydrogen) atoms. The van der Waals surface area contributed by atoms with Crippen LogP contribution in [-0.4, -0.2) is 11.9 Å². The van der Waals surface area contributed by atoms with Gasteiger partial charge >= 0.3 is 7.75 Å². The van der Waals surface area contributed by atoms with Crippen LogP contribution < -0.4 is 5.09 Å². The van der Waals surface area contributed by atoms with E-state index in [9.17, 15) is 4.57 Å². The Morgan fingerprint density at radius 1 is 1.50 bits per heavy atom. The monoisotopic (exact) mass is 395 g/mol. The van der Waals surface area contributed by atoms with Crippen LogP contribution in [0.25, 0.3) is 0 Å². The Bertz CT molecular complexity index is 444. The Hall–Kier alpha value is 0.640. The van der Waals surface area contributed by atoms with Crippen LogP contribution in [0.5, 0.6) is 0 Å². The predicted octanol–water partition coefficient (Wildman–Crippen LogP) is 3.43. The molecule has 1 aromatic carbocycles. The third-order valence-electron chi connectivity index (χ3n) is 1.77. The lowest BCUT2D eigenvalue weighted by atomic mass is 10.2. The van der Waals surface area contributed by atoms with Crippen molar-refractivity contribution >= 4 is 53.5 Å². The zero-order valence-electron chi connectivity index (χ0n) is 8.21. The van der Waals surface area contributed by atoms with Crippen LogP contribution in [0.1, 0.15) is 5.56 Å².